The van der Waals surface area contributed by atoms with Crippen LogP contribution < -0.4 is 5.32 Å². The summed E-state index contributed by atoms with van der Waals surface area (Å²) in [5, 5.41) is 12.0. The Morgan fingerprint density at radius 1 is 1.25 bits per heavy atom. The lowest BCUT2D eigenvalue weighted by Crippen LogP contribution is -1.99. The van der Waals surface area contributed by atoms with Gasteiger partial charge in [-0.3, -0.25) is 0 Å². The molecule has 2 aromatic rings. The summed E-state index contributed by atoms with van der Waals surface area (Å²) in [5.41, 5.74) is 1.13. The predicted molar refractivity (Wildman–Crippen MR) is 60.9 cm³/mol. The van der Waals surface area contributed by atoms with Gasteiger partial charge in [0.25, 0.3) is 0 Å². The largest absolute Gasteiger partial charge is 0.462 e. The van der Waals surface area contributed by atoms with E-state index in [9.17, 15) is 0 Å². The number of aliphatic hydroxyl groups excluding tert-OH is 1. The Hall–Kier alpha value is -1.81. The van der Waals surface area contributed by atoms with E-state index in [-0.39, 0.29) is 6.61 Å². The van der Waals surface area contributed by atoms with Gasteiger partial charge >= 0.3 is 0 Å². The first-order valence-corrected chi connectivity index (χ1v) is 5.13. The third kappa shape index (κ3) is 2.61. The maximum Gasteiger partial charge on any atom is 0.129 e. The molecule has 0 unspecified atom stereocenters. The SMILES string of the molecule is Cc1ccc(NCc2ccc(CO)o2)nc1. The number of furan rings is 1. The first-order valence-electron chi connectivity index (χ1n) is 5.13. The highest BCUT2D eigenvalue weighted by Gasteiger charge is 2.00. The molecular formula is C12H14N2O2. The van der Waals surface area contributed by atoms with E-state index in [0.717, 1.165) is 17.1 Å². The Labute approximate surface area is 93.9 Å². The molecule has 2 aromatic heterocycles. The molecule has 0 aliphatic carbocycles. The van der Waals surface area contributed by atoms with Crippen molar-refractivity contribution in [2.45, 2.75) is 20.1 Å². The fraction of sp³-hybridized carbons (Fsp3) is 0.250. The third-order valence-corrected chi connectivity index (χ3v) is 2.23. The molecule has 16 heavy (non-hydrogen) atoms. The van der Waals surface area contributed by atoms with Gasteiger partial charge in [0.05, 0.1) is 6.54 Å². The zero-order chi connectivity index (χ0) is 11.4. The van der Waals surface area contributed by atoms with E-state index in [2.05, 4.69) is 10.3 Å². The average Bonchev–Trinajstić information content (AvgIpc) is 2.76. The second kappa shape index (κ2) is 4.81. The van der Waals surface area contributed by atoms with Crippen LogP contribution in [0, 0.1) is 6.92 Å². The van der Waals surface area contributed by atoms with Gasteiger partial charge in [-0.15, -0.1) is 0 Å². The van der Waals surface area contributed by atoms with Gasteiger partial charge in [0.1, 0.15) is 23.9 Å². The molecule has 0 atom stereocenters. The first kappa shape index (κ1) is 10.7. The average molecular weight is 218 g/mol. The molecule has 4 heteroatoms. The maximum absolute atomic E-state index is 8.84. The Morgan fingerprint density at radius 3 is 2.69 bits per heavy atom. The number of aliphatic hydroxyl groups is 1. The van der Waals surface area contributed by atoms with E-state index >= 15 is 0 Å². The summed E-state index contributed by atoms with van der Waals surface area (Å²) in [7, 11) is 0. The van der Waals surface area contributed by atoms with Crippen molar-refractivity contribution in [3.05, 3.63) is 47.5 Å². The van der Waals surface area contributed by atoms with E-state index in [1.807, 2.05) is 31.3 Å². The molecule has 2 N–H and O–H groups in total. The molecule has 0 saturated heterocycles. The Balaban J connectivity index is 1.94. The van der Waals surface area contributed by atoms with Crippen LogP contribution in [0.15, 0.2) is 34.9 Å². The van der Waals surface area contributed by atoms with E-state index in [1.54, 1.807) is 6.07 Å². The third-order valence-electron chi connectivity index (χ3n) is 2.23. The lowest BCUT2D eigenvalue weighted by molar-refractivity contribution is 0.244. The molecule has 0 spiro atoms. The zero-order valence-electron chi connectivity index (χ0n) is 9.10. The Bertz CT molecular complexity index is 448. The topological polar surface area (TPSA) is 58.3 Å². The molecule has 0 aromatic carbocycles. The quantitative estimate of drug-likeness (QED) is 0.825. The van der Waals surface area contributed by atoms with Crippen LogP contribution in [-0.2, 0) is 13.2 Å². The van der Waals surface area contributed by atoms with Gasteiger partial charge in [0.2, 0.25) is 0 Å². The van der Waals surface area contributed by atoms with Crippen LogP contribution in [0.2, 0.25) is 0 Å². The fourth-order valence-corrected chi connectivity index (χ4v) is 1.35. The lowest BCUT2D eigenvalue weighted by Gasteiger charge is -2.03. The molecule has 0 aliphatic heterocycles. The molecule has 2 heterocycles. The van der Waals surface area contributed by atoms with E-state index in [4.69, 9.17) is 9.52 Å². The minimum atomic E-state index is -0.0667. The van der Waals surface area contributed by atoms with Gasteiger partial charge in [0, 0.05) is 6.20 Å². The normalized spacial score (nSPS) is 10.4. The van der Waals surface area contributed by atoms with Crippen molar-refractivity contribution < 1.29 is 9.52 Å². The number of aromatic nitrogens is 1. The monoisotopic (exact) mass is 218 g/mol. The number of aryl methyl sites for hydroxylation is 1. The van der Waals surface area contributed by atoms with E-state index in [1.165, 1.54) is 0 Å². The number of anilines is 1. The summed E-state index contributed by atoms with van der Waals surface area (Å²) in [6.45, 7) is 2.50. The van der Waals surface area contributed by atoms with Crippen LogP contribution in [0.25, 0.3) is 0 Å². The van der Waals surface area contributed by atoms with Gasteiger partial charge in [0.15, 0.2) is 0 Å². The predicted octanol–water partition coefficient (Wildman–Crippen LogP) is 2.09. The van der Waals surface area contributed by atoms with Crippen molar-refractivity contribution in [2.24, 2.45) is 0 Å². The molecular weight excluding hydrogens is 204 g/mol. The van der Waals surface area contributed by atoms with Crippen molar-refractivity contribution in [1.82, 2.24) is 4.98 Å². The van der Waals surface area contributed by atoms with Crippen LogP contribution in [0.1, 0.15) is 17.1 Å². The number of hydrogen-bond acceptors (Lipinski definition) is 4. The lowest BCUT2D eigenvalue weighted by atomic mass is 10.3. The highest BCUT2D eigenvalue weighted by atomic mass is 16.4. The van der Waals surface area contributed by atoms with E-state index < -0.39 is 0 Å². The summed E-state index contributed by atoms with van der Waals surface area (Å²) < 4.78 is 5.34. The fourth-order valence-electron chi connectivity index (χ4n) is 1.35. The number of nitrogens with zero attached hydrogens (tertiary/aromatic N) is 1. The van der Waals surface area contributed by atoms with Crippen molar-refractivity contribution in [2.75, 3.05) is 5.32 Å². The van der Waals surface area contributed by atoms with Gasteiger partial charge in [-0.2, -0.15) is 0 Å². The summed E-state index contributed by atoms with van der Waals surface area (Å²) in [6.07, 6.45) is 1.81. The van der Waals surface area contributed by atoms with Crippen molar-refractivity contribution in [1.29, 1.82) is 0 Å². The van der Waals surface area contributed by atoms with Crippen molar-refractivity contribution in [3.8, 4) is 0 Å². The molecule has 84 valence electrons. The minimum Gasteiger partial charge on any atom is -0.462 e. The second-order valence-corrected chi connectivity index (χ2v) is 3.60. The minimum absolute atomic E-state index is 0.0667. The first-order chi connectivity index (χ1) is 7.78. The van der Waals surface area contributed by atoms with Crippen LogP contribution in [0.3, 0.4) is 0 Å². The number of nitrogens with one attached hydrogen (secondary N) is 1. The van der Waals surface area contributed by atoms with Crippen molar-refractivity contribution >= 4 is 5.82 Å². The van der Waals surface area contributed by atoms with Crippen molar-refractivity contribution in [3.63, 3.8) is 0 Å². The van der Waals surface area contributed by atoms with Gasteiger partial charge in [-0.25, -0.2) is 4.98 Å². The summed E-state index contributed by atoms with van der Waals surface area (Å²) in [6, 6.07) is 7.52. The van der Waals surface area contributed by atoms with Crippen LogP contribution in [0.5, 0.6) is 0 Å². The summed E-state index contributed by atoms with van der Waals surface area (Å²) in [4.78, 5) is 4.22. The van der Waals surface area contributed by atoms with Crippen LogP contribution >= 0.6 is 0 Å². The maximum atomic E-state index is 8.84. The highest BCUT2D eigenvalue weighted by molar-refractivity contribution is 5.35. The summed E-state index contributed by atoms with van der Waals surface area (Å²) in [5.74, 6) is 2.17. The zero-order valence-corrected chi connectivity index (χ0v) is 9.10. The molecule has 0 fully saturated rings. The summed E-state index contributed by atoms with van der Waals surface area (Å²) >= 11 is 0. The number of pyridine rings is 1. The van der Waals surface area contributed by atoms with Gasteiger partial charge in [-0.05, 0) is 30.7 Å². The molecule has 0 radical (unpaired) electrons. The van der Waals surface area contributed by atoms with Crippen LogP contribution in [-0.4, -0.2) is 10.1 Å². The second-order valence-electron chi connectivity index (χ2n) is 3.60. The Morgan fingerprint density at radius 2 is 2.06 bits per heavy atom. The molecule has 0 amide bonds. The number of rotatable bonds is 4. The smallest absolute Gasteiger partial charge is 0.129 e. The standard InChI is InChI=1S/C12H14N2O2/c1-9-2-5-12(13-6-9)14-7-10-3-4-11(8-15)16-10/h2-6,15H,7-8H2,1H3,(H,13,14). The van der Waals surface area contributed by atoms with Gasteiger partial charge in [-0.1, -0.05) is 6.07 Å². The molecule has 0 saturated carbocycles. The van der Waals surface area contributed by atoms with E-state index in [0.29, 0.717) is 12.3 Å². The highest BCUT2D eigenvalue weighted by Crippen LogP contribution is 2.10. The van der Waals surface area contributed by atoms with Gasteiger partial charge < -0.3 is 14.8 Å². The Kier molecular flexibility index (Phi) is 3.22. The number of hydrogen-bond donors (Lipinski definition) is 2. The molecule has 0 aliphatic rings. The van der Waals surface area contributed by atoms with Crippen LogP contribution in [0.4, 0.5) is 5.82 Å². The molecule has 4 nitrogen and oxygen atoms in total. The molecule has 2 rings (SSSR count). The molecule has 0 bridgehead atoms.